The molecule has 30 heavy (non-hydrogen) atoms. The average Bonchev–Trinajstić information content (AvgIpc) is 2.75. The number of hydrogen-bond donors (Lipinski definition) is 2. The van der Waals surface area contributed by atoms with Crippen LogP contribution < -0.4 is 25.1 Å². The Kier molecular flexibility index (Phi) is 6.68. The molecule has 158 valence electrons. The molecule has 0 saturated carbocycles. The number of amides is 2. The molecular formula is C20H19FN2O7. The summed E-state index contributed by atoms with van der Waals surface area (Å²) in [4.78, 5) is 35.7. The van der Waals surface area contributed by atoms with Crippen molar-refractivity contribution in [2.45, 2.75) is 12.5 Å². The first-order valence-electron chi connectivity index (χ1n) is 8.91. The molecule has 0 aliphatic carbocycles. The van der Waals surface area contributed by atoms with Gasteiger partial charge in [-0.1, -0.05) is 18.2 Å². The first-order chi connectivity index (χ1) is 14.5. The van der Waals surface area contributed by atoms with Gasteiger partial charge in [-0.25, -0.2) is 4.39 Å². The third-order valence-corrected chi connectivity index (χ3v) is 4.06. The van der Waals surface area contributed by atoms with E-state index >= 15 is 0 Å². The smallest absolute Gasteiger partial charge is 0.310 e. The number of fused-ring (bicyclic) bond motifs is 1. The first kappa shape index (κ1) is 20.9. The van der Waals surface area contributed by atoms with Gasteiger partial charge in [-0.3, -0.25) is 25.2 Å². The third kappa shape index (κ3) is 5.37. The Morgan fingerprint density at radius 2 is 1.90 bits per heavy atom. The fourth-order valence-corrected chi connectivity index (χ4v) is 2.58. The zero-order valence-electron chi connectivity index (χ0n) is 16.0. The number of halogens is 1. The Morgan fingerprint density at radius 3 is 2.63 bits per heavy atom. The van der Waals surface area contributed by atoms with E-state index in [1.807, 2.05) is 0 Å². The number of nitrogens with one attached hydrogen (secondary N) is 2. The number of carbonyl (C=O) groups excluding carboxylic acids is 3. The molecule has 0 fully saturated rings. The van der Waals surface area contributed by atoms with Crippen molar-refractivity contribution in [3.63, 3.8) is 0 Å². The average molecular weight is 418 g/mol. The van der Waals surface area contributed by atoms with Crippen molar-refractivity contribution >= 4 is 17.8 Å². The molecule has 2 aromatic carbocycles. The molecule has 1 aliphatic rings. The van der Waals surface area contributed by atoms with E-state index in [9.17, 15) is 18.8 Å². The minimum atomic E-state index is -0.951. The van der Waals surface area contributed by atoms with Gasteiger partial charge in [0, 0.05) is 0 Å². The van der Waals surface area contributed by atoms with E-state index in [2.05, 4.69) is 10.9 Å². The van der Waals surface area contributed by atoms with Gasteiger partial charge in [-0.15, -0.1) is 0 Å². The van der Waals surface area contributed by atoms with Crippen LogP contribution in [-0.2, 0) is 25.5 Å². The molecule has 9 nitrogen and oxygen atoms in total. The summed E-state index contributed by atoms with van der Waals surface area (Å²) in [7, 11) is 1.33. The lowest BCUT2D eigenvalue weighted by molar-refractivity contribution is -0.148. The van der Waals surface area contributed by atoms with Crippen molar-refractivity contribution in [2.75, 3.05) is 20.3 Å². The second-order valence-corrected chi connectivity index (χ2v) is 6.21. The van der Waals surface area contributed by atoms with Gasteiger partial charge >= 0.3 is 5.97 Å². The molecule has 10 heteroatoms. The summed E-state index contributed by atoms with van der Waals surface area (Å²) in [6, 6.07) is 10.9. The van der Waals surface area contributed by atoms with E-state index in [4.69, 9.17) is 18.9 Å². The van der Waals surface area contributed by atoms with Crippen LogP contribution in [0.1, 0.15) is 5.56 Å². The zero-order chi connectivity index (χ0) is 21.5. The molecule has 0 radical (unpaired) electrons. The monoisotopic (exact) mass is 418 g/mol. The van der Waals surface area contributed by atoms with E-state index < -0.39 is 36.3 Å². The third-order valence-electron chi connectivity index (χ3n) is 4.06. The lowest BCUT2D eigenvalue weighted by Gasteiger charge is -2.25. The number of hydrogen-bond acceptors (Lipinski definition) is 7. The molecule has 1 aliphatic heterocycles. The standard InChI is InChI=1S/C20H19FN2O7/c1-27-14-7-6-12(8-13(14)21)9-19(25)29-11-18(24)22-23-20(26)17-10-28-15-4-2-3-5-16(15)30-17/h2-8,17H,9-11H2,1H3,(H,22,24)(H,23,26)/t17-/m0/s1. The second kappa shape index (κ2) is 9.59. The minimum Gasteiger partial charge on any atom is -0.494 e. The number of benzene rings is 2. The number of carbonyl (C=O) groups is 3. The first-order valence-corrected chi connectivity index (χ1v) is 8.91. The van der Waals surface area contributed by atoms with E-state index in [-0.39, 0.29) is 18.8 Å². The van der Waals surface area contributed by atoms with Gasteiger partial charge in [0.1, 0.15) is 6.61 Å². The summed E-state index contributed by atoms with van der Waals surface area (Å²) in [5.74, 6) is -1.74. The maximum absolute atomic E-state index is 13.6. The molecule has 3 rings (SSSR count). The van der Waals surface area contributed by atoms with Crippen LogP contribution in [0.3, 0.4) is 0 Å². The van der Waals surface area contributed by atoms with Crippen LogP contribution in [0.2, 0.25) is 0 Å². The molecule has 0 saturated heterocycles. The lowest BCUT2D eigenvalue weighted by atomic mass is 10.1. The van der Waals surface area contributed by atoms with Crippen LogP contribution in [0.4, 0.5) is 4.39 Å². The predicted octanol–water partition coefficient (Wildman–Crippen LogP) is 0.907. The van der Waals surface area contributed by atoms with E-state index in [1.54, 1.807) is 24.3 Å². The van der Waals surface area contributed by atoms with Gasteiger partial charge in [-0.05, 0) is 29.8 Å². The molecule has 0 aromatic heterocycles. The summed E-state index contributed by atoms with van der Waals surface area (Å²) in [5.41, 5.74) is 4.66. The molecule has 1 atom stereocenters. The maximum atomic E-state index is 13.6. The Balaban J connectivity index is 1.39. The Labute approximate surface area is 171 Å². The maximum Gasteiger partial charge on any atom is 0.310 e. The fourth-order valence-electron chi connectivity index (χ4n) is 2.58. The zero-order valence-corrected chi connectivity index (χ0v) is 16.0. The molecule has 1 heterocycles. The van der Waals surface area contributed by atoms with Crippen molar-refractivity contribution < 1.29 is 37.7 Å². The molecule has 2 N–H and O–H groups in total. The fraction of sp³-hybridized carbons (Fsp3) is 0.250. The van der Waals surface area contributed by atoms with Crippen LogP contribution in [0.5, 0.6) is 17.2 Å². The molecular weight excluding hydrogens is 399 g/mol. The summed E-state index contributed by atoms with van der Waals surface area (Å²) >= 11 is 0. The quantitative estimate of drug-likeness (QED) is 0.530. The predicted molar refractivity (Wildman–Crippen MR) is 100 cm³/mol. The Hall–Kier alpha value is -3.82. The van der Waals surface area contributed by atoms with Crippen molar-refractivity contribution in [3.8, 4) is 17.2 Å². The highest BCUT2D eigenvalue weighted by atomic mass is 19.1. The van der Waals surface area contributed by atoms with Gasteiger partial charge in [0.05, 0.1) is 13.5 Å². The van der Waals surface area contributed by atoms with Crippen molar-refractivity contribution in [3.05, 3.63) is 53.8 Å². The van der Waals surface area contributed by atoms with Crippen LogP contribution in [0.15, 0.2) is 42.5 Å². The SMILES string of the molecule is COc1ccc(CC(=O)OCC(=O)NNC(=O)[C@@H]2COc3ccccc3O2)cc1F. The van der Waals surface area contributed by atoms with E-state index in [0.717, 1.165) is 6.07 Å². The summed E-state index contributed by atoms with van der Waals surface area (Å²) < 4.78 is 34.2. The molecule has 2 aromatic rings. The summed E-state index contributed by atoms with van der Waals surface area (Å²) in [6.45, 7) is -0.644. The van der Waals surface area contributed by atoms with Crippen LogP contribution in [-0.4, -0.2) is 44.2 Å². The molecule has 0 unspecified atom stereocenters. The Morgan fingerprint density at radius 1 is 1.13 bits per heavy atom. The number of ether oxygens (including phenoxy) is 4. The normalized spacial score (nSPS) is 14.4. The van der Waals surface area contributed by atoms with E-state index in [1.165, 1.54) is 19.2 Å². The van der Waals surface area contributed by atoms with Crippen molar-refractivity contribution in [2.24, 2.45) is 0 Å². The summed E-state index contributed by atoms with van der Waals surface area (Å²) in [5, 5.41) is 0. The highest BCUT2D eigenvalue weighted by Gasteiger charge is 2.27. The highest BCUT2D eigenvalue weighted by molar-refractivity contribution is 5.86. The van der Waals surface area contributed by atoms with Crippen molar-refractivity contribution in [1.82, 2.24) is 10.9 Å². The van der Waals surface area contributed by atoms with E-state index in [0.29, 0.717) is 17.1 Å². The van der Waals surface area contributed by atoms with Gasteiger partial charge in [0.25, 0.3) is 11.8 Å². The Bertz CT molecular complexity index is 951. The number of methoxy groups -OCH3 is 1. The van der Waals surface area contributed by atoms with Crippen molar-refractivity contribution in [1.29, 1.82) is 0 Å². The number of hydrazine groups is 1. The summed E-state index contributed by atoms with van der Waals surface area (Å²) in [6.07, 6.45) is -1.18. The molecule has 2 amide bonds. The largest absolute Gasteiger partial charge is 0.494 e. The van der Waals surface area contributed by atoms with Crippen LogP contribution in [0, 0.1) is 5.82 Å². The van der Waals surface area contributed by atoms with Gasteiger partial charge in [0.15, 0.2) is 29.7 Å². The lowest BCUT2D eigenvalue weighted by Crippen LogP contribution is -2.51. The number of rotatable bonds is 6. The topological polar surface area (TPSA) is 112 Å². The molecule has 0 spiro atoms. The molecule has 0 bridgehead atoms. The van der Waals surface area contributed by atoms with Crippen LogP contribution in [0.25, 0.3) is 0 Å². The van der Waals surface area contributed by atoms with Crippen LogP contribution >= 0.6 is 0 Å². The highest BCUT2D eigenvalue weighted by Crippen LogP contribution is 2.30. The number of para-hydroxylation sites is 2. The van der Waals surface area contributed by atoms with Gasteiger partial charge < -0.3 is 18.9 Å². The van der Waals surface area contributed by atoms with Gasteiger partial charge in [-0.2, -0.15) is 0 Å². The number of esters is 1. The minimum absolute atomic E-state index is 0.0217. The second-order valence-electron chi connectivity index (χ2n) is 6.21. The van der Waals surface area contributed by atoms with Gasteiger partial charge in [0.2, 0.25) is 6.10 Å².